The van der Waals surface area contributed by atoms with Crippen LogP contribution in [0.3, 0.4) is 0 Å². The van der Waals surface area contributed by atoms with Gasteiger partial charge in [0.2, 0.25) is 5.13 Å². The molecule has 3 heterocycles. The quantitative estimate of drug-likeness (QED) is 0.638. The predicted octanol–water partition coefficient (Wildman–Crippen LogP) is 2.49. The van der Waals surface area contributed by atoms with Crippen LogP contribution in [0.25, 0.3) is 15.3 Å². The largest absolute Gasteiger partial charge is 0.435 e. The maximum absolute atomic E-state index is 13.6. The van der Waals surface area contributed by atoms with E-state index in [1.165, 1.54) is 6.92 Å². The van der Waals surface area contributed by atoms with Gasteiger partial charge in [-0.3, -0.25) is 9.69 Å². The number of hydrogen-bond acceptors (Lipinski definition) is 7. The summed E-state index contributed by atoms with van der Waals surface area (Å²) in [7, 11) is 0. The molecule has 0 saturated carbocycles. The number of thiazole rings is 1. The number of aromatic nitrogens is 3. The minimum absolute atomic E-state index is 0.0910. The first-order valence-corrected chi connectivity index (χ1v) is 10.4. The van der Waals surface area contributed by atoms with Crippen molar-refractivity contribution in [1.29, 1.82) is 0 Å². The van der Waals surface area contributed by atoms with Crippen LogP contribution in [0.15, 0.2) is 29.1 Å². The van der Waals surface area contributed by atoms with E-state index in [2.05, 4.69) is 25.6 Å². The fourth-order valence-corrected chi connectivity index (χ4v) is 4.35. The highest BCUT2D eigenvalue weighted by atomic mass is 32.1. The molecule has 30 heavy (non-hydrogen) atoms. The minimum atomic E-state index is -4.69. The molecule has 1 aromatic carbocycles. The van der Waals surface area contributed by atoms with Crippen molar-refractivity contribution in [3.8, 4) is 5.13 Å². The normalized spacial score (nSPS) is 15.6. The third-order valence-corrected chi connectivity index (χ3v) is 6.02. The van der Waals surface area contributed by atoms with Gasteiger partial charge in [0.1, 0.15) is 5.69 Å². The predicted molar refractivity (Wildman–Crippen MR) is 111 cm³/mol. The molecule has 1 aliphatic heterocycles. The molecule has 1 aliphatic rings. The van der Waals surface area contributed by atoms with Gasteiger partial charge in [-0.1, -0.05) is 23.5 Å². The topological polar surface area (TPSA) is 75.1 Å². The molecule has 2 aromatic heterocycles. The second-order valence-corrected chi connectivity index (χ2v) is 8.06. The Morgan fingerprint density at radius 1 is 1.23 bits per heavy atom. The van der Waals surface area contributed by atoms with Gasteiger partial charge < -0.3 is 10.6 Å². The maximum atomic E-state index is 13.6. The van der Waals surface area contributed by atoms with Crippen LogP contribution in [-0.2, 0) is 6.18 Å². The molecule has 11 heteroatoms. The lowest BCUT2D eigenvalue weighted by Crippen LogP contribution is -2.45. The number of alkyl halides is 3. The number of piperazine rings is 1. The SMILES string of the molecule is Cc1c(C(F)(F)F)nn(-c2nc3ccccc3s2)c(=O)c1NCCN1CCNCC1. The third-order valence-electron chi connectivity index (χ3n) is 5.01. The summed E-state index contributed by atoms with van der Waals surface area (Å²) in [6, 6.07) is 7.13. The average Bonchev–Trinajstić information content (AvgIpc) is 3.14. The van der Waals surface area contributed by atoms with Gasteiger partial charge in [0, 0.05) is 44.8 Å². The van der Waals surface area contributed by atoms with E-state index in [0.29, 0.717) is 18.6 Å². The number of nitrogens with one attached hydrogen (secondary N) is 2. The van der Waals surface area contributed by atoms with E-state index in [1.54, 1.807) is 24.3 Å². The Morgan fingerprint density at radius 3 is 2.67 bits per heavy atom. The van der Waals surface area contributed by atoms with E-state index in [-0.39, 0.29) is 16.4 Å². The Labute approximate surface area is 174 Å². The van der Waals surface area contributed by atoms with E-state index in [9.17, 15) is 18.0 Å². The Bertz CT molecular complexity index is 1070. The summed E-state index contributed by atoms with van der Waals surface area (Å²) in [6.45, 7) is 5.73. The van der Waals surface area contributed by atoms with Gasteiger partial charge in [-0.2, -0.15) is 23.0 Å². The molecular weight excluding hydrogens is 417 g/mol. The van der Waals surface area contributed by atoms with Crippen molar-refractivity contribution in [2.24, 2.45) is 0 Å². The Morgan fingerprint density at radius 2 is 1.97 bits per heavy atom. The van der Waals surface area contributed by atoms with Crippen molar-refractivity contribution >= 4 is 27.2 Å². The molecular formula is C19H21F3N6OS. The van der Waals surface area contributed by atoms with E-state index >= 15 is 0 Å². The van der Waals surface area contributed by atoms with Crippen LogP contribution >= 0.6 is 11.3 Å². The van der Waals surface area contributed by atoms with Crippen LogP contribution in [0.2, 0.25) is 0 Å². The van der Waals surface area contributed by atoms with Gasteiger partial charge >= 0.3 is 6.18 Å². The van der Waals surface area contributed by atoms with E-state index < -0.39 is 17.4 Å². The molecule has 160 valence electrons. The van der Waals surface area contributed by atoms with Gasteiger partial charge in [0.25, 0.3) is 5.56 Å². The smallest absolute Gasteiger partial charge is 0.379 e. The van der Waals surface area contributed by atoms with Gasteiger partial charge in [-0.15, -0.1) is 0 Å². The molecule has 0 unspecified atom stereocenters. The van der Waals surface area contributed by atoms with Crippen LogP contribution < -0.4 is 16.2 Å². The lowest BCUT2D eigenvalue weighted by molar-refractivity contribution is -0.142. The van der Waals surface area contributed by atoms with Crippen molar-refractivity contribution in [2.45, 2.75) is 13.1 Å². The zero-order valence-electron chi connectivity index (χ0n) is 16.3. The highest BCUT2D eigenvalue weighted by Crippen LogP contribution is 2.32. The molecule has 1 fully saturated rings. The number of benzene rings is 1. The summed E-state index contributed by atoms with van der Waals surface area (Å²) < 4.78 is 42.4. The summed E-state index contributed by atoms with van der Waals surface area (Å²) >= 11 is 1.12. The monoisotopic (exact) mass is 438 g/mol. The number of anilines is 1. The van der Waals surface area contributed by atoms with Crippen LogP contribution in [0.4, 0.5) is 18.9 Å². The molecule has 0 aliphatic carbocycles. The molecule has 7 nitrogen and oxygen atoms in total. The zero-order chi connectivity index (χ0) is 21.3. The maximum Gasteiger partial charge on any atom is 0.435 e. The van der Waals surface area contributed by atoms with Crippen LogP contribution in [0, 0.1) is 6.92 Å². The lowest BCUT2D eigenvalue weighted by Gasteiger charge is -2.27. The molecule has 0 spiro atoms. The highest BCUT2D eigenvalue weighted by molar-refractivity contribution is 7.20. The first-order valence-electron chi connectivity index (χ1n) is 9.58. The van der Waals surface area contributed by atoms with E-state index in [0.717, 1.165) is 46.9 Å². The van der Waals surface area contributed by atoms with Crippen molar-refractivity contribution in [3.05, 3.63) is 45.9 Å². The Hall–Kier alpha value is -2.50. The van der Waals surface area contributed by atoms with Crippen LogP contribution in [-0.4, -0.2) is 58.9 Å². The second kappa shape index (κ2) is 8.32. The third kappa shape index (κ3) is 4.18. The number of halogens is 3. The lowest BCUT2D eigenvalue weighted by atomic mass is 10.2. The molecule has 2 N–H and O–H groups in total. The molecule has 0 atom stereocenters. The van der Waals surface area contributed by atoms with E-state index in [1.807, 2.05) is 0 Å². The summed E-state index contributed by atoms with van der Waals surface area (Å²) in [6.07, 6.45) is -4.69. The molecule has 0 bridgehead atoms. The van der Waals surface area contributed by atoms with E-state index in [4.69, 9.17) is 0 Å². The van der Waals surface area contributed by atoms with Crippen molar-refractivity contribution < 1.29 is 13.2 Å². The fraction of sp³-hybridized carbons (Fsp3) is 0.421. The minimum Gasteiger partial charge on any atom is -0.379 e. The van der Waals surface area contributed by atoms with Crippen molar-refractivity contribution in [3.63, 3.8) is 0 Å². The molecule has 0 radical (unpaired) electrons. The molecule has 3 aromatic rings. The first-order chi connectivity index (χ1) is 14.3. The Kier molecular flexibility index (Phi) is 5.76. The number of fused-ring (bicyclic) bond motifs is 1. The Balaban J connectivity index is 1.71. The second-order valence-electron chi connectivity index (χ2n) is 7.05. The molecule has 4 rings (SSSR count). The van der Waals surface area contributed by atoms with Gasteiger partial charge in [-0.25, -0.2) is 4.98 Å². The fourth-order valence-electron chi connectivity index (χ4n) is 3.44. The highest BCUT2D eigenvalue weighted by Gasteiger charge is 2.37. The van der Waals surface area contributed by atoms with Crippen molar-refractivity contribution in [2.75, 3.05) is 44.6 Å². The summed E-state index contributed by atoms with van der Waals surface area (Å²) in [5.41, 5.74) is -1.42. The zero-order valence-corrected chi connectivity index (χ0v) is 17.1. The summed E-state index contributed by atoms with van der Waals surface area (Å²) in [4.78, 5) is 19.5. The number of nitrogens with zero attached hydrogens (tertiary/aromatic N) is 4. The molecule has 0 amide bonds. The number of para-hydroxylation sites is 1. The van der Waals surface area contributed by atoms with Gasteiger partial charge in [0.05, 0.1) is 10.2 Å². The van der Waals surface area contributed by atoms with Gasteiger partial charge in [0.15, 0.2) is 5.69 Å². The summed E-state index contributed by atoms with van der Waals surface area (Å²) in [5.74, 6) is 0. The number of hydrogen-bond donors (Lipinski definition) is 2. The average molecular weight is 438 g/mol. The summed E-state index contributed by atoms with van der Waals surface area (Å²) in [5, 5.41) is 9.92. The first kappa shape index (κ1) is 20.8. The number of rotatable bonds is 5. The molecule has 1 saturated heterocycles. The van der Waals surface area contributed by atoms with Gasteiger partial charge in [-0.05, 0) is 19.1 Å². The van der Waals surface area contributed by atoms with Crippen molar-refractivity contribution in [1.82, 2.24) is 25.0 Å². The van der Waals surface area contributed by atoms with Crippen LogP contribution in [0.1, 0.15) is 11.3 Å². The standard InChI is InChI=1S/C19H21F3N6OS/c1-12-15(24-8-11-27-9-6-23-7-10-27)17(29)28(26-16(12)19(20,21)22)18-25-13-4-2-3-5-14(13)30-18/h2-5,23-24H,6-11H2,1H3. The van der Waals surface area contributed by atoms with Crippen LogP contribution in [0.5, 0.6) is 0 Å².